The van der Waals surface area contributed by atoms with Crippen LogP contribution in [0, 0.1) is 5.82 Å². The molecule has 1 aromatic carbocycles. The van der Waals surface area contributed by atoms with Gasteiger partial charge in [0.05, 0.1) is 7.11 Å². The summed E-state index contributed by atoms with van der Waals surface area (Å²) in [6.07, 6.45) is 3.60. The number of halogens is 1. The maximum absolute atomic E-state index is 14.1. The van der Waals surface area contributed by atoms with Crippen molar-refractivity contribution in [1.82, 2.24) is 4.98 Å². The summed E-state index contributed by atoms with van der Waals surface area (Å²) in [6, 6.07) is 8.34. The summed E-state index contributed by atoms with van der Waals surface area (Å²) in [4.78, 5) is 4.43. The van der Waals surface area contributed by atoms with Crippen molar-refractivity contribution in [2.45, 2.75) is 24.8 Å². The summed E-state index contributed by atoms with van der Waals surface area (Å²) < 4.78 is 19.4. The van der Waals surface area contributed by atoms with Crippen molar-refractivity contribution in [3.63, 3.8) is 0 Å². The molecule has 0 spiro atoms. The molecule has 2 unspecified atom stereocenters. The molecule has 1 aromatic heterocycles. The van der Waals surface area contributed by atoms with E-state index in [1.807, 2.05) is 6.07 Å². The lowest BCUT2D eigenvalue weighted by molar-refractivity contribution is 0.391. The first-order valence-corrected chi connectivity index (χ1v) is 6.74. The molecular weight excluding hydrogens is 255 g/mol. The fourth-order valence-electron chi connectivity index (χ4n) is 3.01. The van der Waals surface area contributed by atoms with E-state index in [2.05, 4.69) is 11.1 Å². The van der Waals surface area contributed by atoms with Gasteiger partial charge < -0.3 is 10.5 Å². The average molecular weight is 272 g/mol. The molecule has 0 saturated heterocycles. The number of hydrogen-bond acceptors (Lipinski definition) is 3. The van der Waals surface area contributed by atoms with Gasteiger partial charge in [0.25, 0.3) is 0 Å². The minimum absolute atomic E-state index is 0.0389. The molecule has 2 atom stereocenters. The van der Waals surface area contributed by atoms with Crippen LogP contribution in [0.1, 0.15) is 35.2 Å². The Kier molecular flexibility index (Phi) is 3.40. The third-order valence-electron chi connectivity index (χ3n) is 4.00. The summed E-state index contributed by atoms with van der Waals surface area (Å²) >= 11 is 0. The Labute approximate surface area is 117 Å². The number of aromatic nitrogens is 1. The van der Waals surface area contributed by atoms with E-state index in [1.165, 1.54) is 18.7 Å². The predicted molar refractivity (Wildman–Crippen MR) is 75.2 cm³/mol. The Hall–Kier alpha value is -1.94. The van der Waals surface area contributed by atoms with Gasteiger partial charge in [-0.05, 0) is 36.6 Å². The van der Waals surface area contributed by atoms with Crippen LogP contribution in [-0.4, -0.2) is 12.1 Å². The molecule has 104 valence electrons. The number of nitrogens with zero attached hydrogens (tertiary/aromatic N) is 1. The molecule has 4 heteroatoms. The number of rotatable bonds is 3. The molecule has 20 heavy (non-hydrogen) atoms. The van der Waals surface area contributed by atoms with E-state index in [0.29, 0.717) is 11.3 Å². The number of nitrogens with two attached hydrogens (primary N) is 1. The van der Waals surface area contributed by atoms with Gasteiger partial charge in [-0.1, -0.05) is 12.1 Å². The largest absolute Gasteiger partial charge is 0.496 e. The van der Waals surface area contributed by atoms with E-state index in [0.717, 1.165) is 18.5 Å². The lowest BCUT2D eigenvalue weighted by Crippen LogP contribution is -2.21. The number of fused-ring (bicyclic) bond motifs is 1. The molecule has 0 fully saturated rings. The second kappa shape index (κ2) is 5.21. The third-order valence-corrected chi connectivity index (χ3v) is 4.00. The maximum atomic E-state index is 14.1. The summed E-state index contributed by atoms with van der Waals surface area (Å²) in [5, 5.41) is 0. The van der Waals surface area contributed by atoms with Crippen LogP contribution in [0.5, 0.6) is 5.75 Å². The first-order valence-electron chi connectivity index (χ1n) is 6.74. The molecule has 1 aliphatic rings. The SMILES string of the molecule is COc1cccc(F)c1C(N)C1CCc2cccnc21. The molecule has 0 saturated carbocycles. The minimum atomic E-state index is -0.442. The maximum Gasteiger partial charge on any atom is 0.131 e. The van der Waals surface area contributed by atoms with Crippen LogP contribution in [0.3, 0.4) is 0 Å². The third kappa shape index (κ3) is 2.06. The molecule has 3 nitrogen and oxygen atoms in total. The van der Waals surface area contributed by atoms with Crippen LogP contribution in [0.4, 0.5) is 4.39 Å². The zero-order valence-electron chi connectivity index (χ0n) is 11.3. The fourth-order valence-corrected chi connectivity index (χ4v) is 3.01. The Morgan fingerprint density at radius 2 is 2.20 bits per heavy atom. The predicted octanol–water partition coefficient (Wildman–Crippen LogP) is 2.96. The standard InChI is InChI=1S/C16H17FN2O/c1-20-13-6-2-5-12(17)14(13)15(18)11-8-7-10-4-3-9-19-16(10)11/h2-6,9,11,15H,7-8,18H2,1H3. The van der Waals surface area contributed by atoms with Gasteiger partial charge in [0.15, 0.2) is 0 Å². The van der Waals surface area contributed by atoms with E-state index in [4.69, 9.17) is 10.5 Å². The van der Waals surface area contributed by atoms with Gasteiger partial charge in [0, 0.05) is 29.4 Å². The second-order valence-electron chi connectivity index (χ2n) is 5.07. The van der Waals surface area contributed by atoms with Crippen LogP contribution in [-0.2, 0) is 6.42 Å². The Morgan fingerprint density at radius 3 is 3.00 bits per heavy atom. The van der Waals surface area contributed by atoms with Crippen LogP contribution < -0.4 is 10.5 Å². The highest BCUT2D eigenvalue weighted by Crippen LogP contribution is 2.42. The van der Waals surface area contributed by atoms with Crippen LogP contribution in [0.15, 0.2) is 36.5 Å². The summed E-state index contributed by atoms with van der Waals surface area (Å²) in [7, 11) is 1.53. The topological polar surface area (TPSA) is 48.1 Å². The average Bonchev–Trinajstić information content (AvgIpc) is 2.90. The van der Waals surface area contributed by atoms with Crippen molar-refractivity contribution >= 4 is 0 Å². The first kappa shape index (κ1) is 13.1. The van der Waals surface area contributed by atoms with Crippen molar-refractivity contribution in [2.24, 2.45) is 5.73 Å². The van der Waals surface area contributed by atoms with Gasteiger partial charge in [-0.15, -0.1) is 0 Å². The van der Waals surface area contributed by atoms with Gasteiger partial charge in [-0.2, -0.15) is 0 Å². The van der Waals surface area contributed by atoms with Gasteiger partial charge >= 0.3 is 0 Å². The highest BCUT2D eigenvalue weighted by atomic mass is 19.1. The first-order chi connectivity index (χ1) is 9.72. The Bertz CT molecular complexity index is 630. The van der Waals surface area contributed by atoms with Crippen molar-refractivity contribution in [2.75, 3.05) is 7.11 Å². The number of hydrogen-bond donors (Lipinski definition) is 1. The summed E-state index contributed by atoms with van der Waals surface area (Å²) in [5.74, 6) is 0.222. The van der Waals surface area contributed by atoms with Gasteiger partial charge in [-0.25, -0.2) is 4.39 Å². The van der Waals surface area contributed by atoms with Gasteiger partial charge in [0.1, 0.15) is 11.6 Å². The number of ether oxygens (including phenoxy) is 1. The van der Waals surface area contributed by atoms with Crippen LogP contribution >= 0.6 is 0 Å². The number of methoxy groups -OCH3 is 1. The smallest absolute Gasteiger partial charge is 0.131 e. The van der Waals surface area contributed by atoms with Crippen molar-refractivity contribution in [3.8, 4) is 5.75 Å². The Balaban J connectivity index is 2.01. The quantitative estimate of drug-likeness (QED) is 0.934. The van der Waals surface area contributed by atoms with Crippen LogP contribution in [0.2, 0.25) is 0 Å². The van der Waals surface area contributed by atoms with E-state index in [1.54, 1.807) is 18.3 Å². The van der Waals surface area contributed by atoms with E-state index in [9.17, 15) is 4.39 Å². The highest BCUT2D eigenvalue weighted by Gasteiger charge is 2.32. The van der Waals surface area contributed by atoms with Gasteiger partial charge in [-0.3, -0.25) is 4.98 Å². The zero-order valence-corrected chi connectivity index (χ0v) is 11.3. The summed E-state index contributed by atoms with van der Waals surface area (Å²) in [5.41, 5.74) is 8.98. The monoisotopic (exact) mass is 272 g/mol. The number of pyridine rings is 1. The van der Waals surface area contributed by atoms with Gasteiger partial charge in [0.2, 0.25) is 0 Å². The highest BCUT2D eigenvalue weighted by molar-refractivity contribution is 5.41. The number of benzene rings is 1. The molecule has 1 aliphatic carbocycles. The zero-order chi connectivity index (χ0) is 14.1. The second-order valence-corrected chi connectivity index (χ2v) is 5.07. The summed E-state index contributed by atoms with van der Waals surface area (Å²) in [6.45, 7) is 0. The molecule has 3 rings (SSSR count). The van der Waals surface area contributed by atoms with E-state index >= 15 is 0 Å². The molecule has 0 bridgehead atoms. The fraction of sp³-hybridized carbons (Fsp3) is 0.312. The molecule has 0 aliphatic heterocycles. The lowest BCUT2D eigenvalue weighted by atomic mass is 9.90. The van der Waals surface area contributed by atoms with Crippen molar-refractivity contribution in [1.29, 1.82) is 0 Å². The molecular formula is C16H17FN2O. The minimum Gasteiger partial charge on any atom is -0.496 e. The van der Waals surface area contributed by atoms with Crippen molar-refractivity contribution < 1.29 is 9.13 Å². The van der Waals surface area contributed by atoms with Crippen LogP contribution in [0.25, 0.3) is 0 Å². The normalized spacial score (nSPS) is 18.6. The van der Waals surface area contributed by atoms with E-state index < -0.39 is 6.04 Å². The molecule has 0 amide bonds. The number of aryl methyl sites for hydroxylation is 1. The molecule has 2 N–H and O–H groups in total. The van der Waals surface area contributed by atoms with Crippen molar-refractivity contribution in [3.05, 3.63) is 59.2 Å². The van der Waals surface area contributed by atoms with E-state index in [-0.39, 0.29) is 11.7 Å². The lowest BCUT2D eigenvalue weighted by Gasteiger charge is -2.22. The molecule has 2 aromatic rings. The molecule has 1 heterocycles. The Morgan fingerprint density at radius 1 is 1.35 bits per heavy atom. The molecule has 0 radical (unpaired) electrons.